The van der Waals surface area contributed by atoms with Gasteiger partial charge < -0.3 is 16.0 Å². The van der Waals surface area contributed by atoms with Gasteiger partial charge in [-0.1, -0.05) is 19.1 Å². The van der Waals surface area contributed by atoms with E-state index in [0.717, 1.165) is 24.5 Å². The molecule has 3 N–H and O–H groups in total. The number of hydrogen-bond acceptors (Lipinski definition) is 4. The van der Waals surface area contributed by atoms with Crippen LogP contribution in [0, 0.1) is 5.92 Å². The molecule has 1 atom stereocenters. The zero-order valence-electron chi connectivity index (χ0n) is 10.7. The van der Waals surface area contributed by atoms with Gasteiger partial charge in [0.1, 0.15) is 10.8 Å². The van der Waals surface area contributed by atoms with Gasteiger partial charge in [-0.05, 0) is 37.6 Å². The summed E-state index contributed by atoms with van der Waals surface area (Å²) < 4.78 is 0. The van der Waals surface area contributed by atoms with Gasteiger partial charge in [0.2, 0.25) is 0 Å². The highest BCUT2D eigenvalue weighted by molar-refractivity contribution is 7.80. The van der Waals surface area contributed by atoms with Gasteiger partial charge >= 0.3 is 0 Å². The molecule has 1 unspecified atom stereocenters. The van der Waals surface area contributed by atoms with E-state index in [1.54, 1.807) is 6.20 Å². The molecule has 5 heteroatoms. The van der Waals surface area contributed by atoms with E-state index in [1.807, 2.05) is 12.1 Å². The van der Waals surface area contributed by atoms with Crippen LogP contribution in [0.4, 0.5) is 5.82 Å². The quantitative estimate of drug-likeness (QED) is 0.789. The largest absolute Gasteiger partial charge is 0.389 e. The molecule has 0 saturated carbocycles. The summed E-state index contributed by atoms with van der Waals surface area (Å²) >= 11 is 5.03. The summed E-state index contributed by atoms with van der Waals surface area (Å²) in [5.74, 6) is 1.49. The Morgan fingerprint density at radius 2 is 2.50 bits per heavy atom. The van der Waals surface area contributed by atoms with Crippen molar-refractivity contribution in [2.24, 2.45) is 11.7 Å². The number of anilines is 1. The van der Waals surface area contributed by atoms with Crippen molar-refractivity contribution in [2.75, 3.05) is 31.5 Å². The predicted molar refractivity (Wildman–Crippen MR) is 78.8 cm³/mol. The standard InChI is InChI=1S/C13H20N4S/c1-2-17-7-5-10(9-17)8-16-13-11(12(14)18)4-3-6-15-13/h3-4,6,10H,2,5,7-9H2,1H3,(H2,14,18)(H,15,16). The second-order valence-corrected chi connectivity index (χ2v) is 5.13. The van der Waals surface area contributed by atoms with Gasteiger partial charge in [0.25, 0.3) is 0 Å². The fourth-order valence-corrected chi connectivity index (χ4v) is 2.52. The Morgan fingerprint density at radius 3 is 3.17 bits per heavy atom. The Bertz CT molecular complexity index is 421. The topological polar surface area (TPSA) is 54.2 Å². The lowest BCUT2D eigenvalue weighted by Crippen LogP contribution is -2.23. The number of likely N-dealkylation sites (tertiary alicyclic amines) is 1. The summed E-state index contributed by atoms with van der Waals surface area (Å²) in [6.07, 6.45) is 3.01. The van der Waals surface area contributed by atoms with E-state index in [0.29, 0.717) is 10.9 Å². The molecule has 2 rings (SSSR count). The van der Waals surface area contributed by atoms with Crippen molar-refractivity contribution in [3.8, 4) is 0 Å². The monoisotopic (exact) mass is 264 g/mol. The van der Waals surface area contributed by atoms with Gasteiger partial charge in [-0.25, -0.2) is 4.98 Å². The number of hydrogen-bond donors (Lipinski definition) is 2. The molecular weight excluding hydrogens is 244 g/mol. The van der Waals surface area contributed by atoms with Crippen molar-refractivity contribution in [2.45, 2.75) is 13.3 Å². The average molecular weight is 264 g/mol. The second kappa shape index (κ2) is 6.11. The maximum atomic E-state index is 5.69. The molecular formula is C13H20N4S. The first-order valence-electron chi connectivity index (χ1n) is 6.41. The molecule has 0 bridgehead atoms. The highest BCUT2D eigenvalue weighted by Crippen LogP contribution is 2.17. The first-order chi connectivity index (χ1) is 8.70. The minimum atomic E-state index is 0.396. The summed E-state index contributed by atoms with van der Waals surface area (Å²) in [7, 11) is 0. The molecule has 4 nitrogen and oxygen atoms in total. The number of pyridine rings is 1. The molecule has 1 saturated heterocycles. The normalized spacial score (nSPS) is 19.9. The van der Waals surface area contributed by atoms with Crippen LogP contribution in [0.5, 0.6) is 0 Å². The fraction of sp³-hybridized carbons (Fsp3) is 0.538. The predicted octanol–water partition coefficient (Wildman–Crippen LogP) is 1.47. The molecule has 1 aromatic heterocycles. The maximum absolute atomic E-state index is 5.69. The first kappa shape index (κ1) is 13.2. The van der Waals surface area contributed by atoms with Gasteiger partial charge in [-0.15, -0.1) is 0 Å². The van der Waals surface area contributed by atoms with E-state index in [2.05, 4.69) is 22.1 Å². The van der Waals surface area contributed by atoms with Crippen molar-refractivity contribution in [1.82, 2.24) is 9.88 Å². The number of nitrogens with one attached hydrogen (secondary N) is 1. The van der Waals surface area contributed by atoms with Crippen molar-refractivity contribution < 1.29 is 0 Å². The molecule has 1 aromatic rings. The Kier molecular flexibility index (Phi) is 4.49. The van der Waals surface area contributed by atoms with Gasteiger partial charge in [-0.2, -0.15) is 0 Å². The van der Waals surface area contributed by atoms with Crippen LogP contribution < -0.4 is 11.1 Å². The molecule has 0 amide bonds. The van der Waals surface area contributed by atoms with E-state index in [1.165, 1.54) is 19.5 Å². The minimum absolute atomic E-state index is 0.396. The molecule has 0 radical (unpaired) electrons. The van der Waals surface area contributed by atoms with E-state index in [9.17, 15) is 0 Å². The summed E-state index contributed by atoms with van der Waals surface area (Å²) in [4.78, 5) is 7.17. The van der Waals surface area contributed by atoms with Crippen molar-refractivity contribution in [3.63, 3.8) is 0 Å². The van der Waals surface area contributed by atoms with E-state index in [-0.39, 0.29) is 0 Å². The van der Waals surface area contributed by atoms with E-state index >= 15 is 0 Å². The van der Waals surface area contributed by atoms with Crippen LogP contribution in [0.1, 0.15) is 18.9 Å². The molecule has 1 aliphatic rings. The van der Waals surface area contributed by atoms with E-state index < -0.39 is 0 Å². The third kappa shape index (κ3) is 3.17. The van der Waals surface area contributed by atoms with Gasteiger partial charge in [0, 0.05) is 19.3 Å². The van der Waals surface area contributed by atoms with Crippen molar-refractivity contribution >= 4 is 23.0 Å². The molecule has 1 fully saturated rings. The van der Waals surface area contributed by atoms with Gasteiger partial charge in [-0.3, -0.25) is 0 Å². The zero-order chi connectivity index (χ0) is 13.0. The number of rotatable bonds is 5. The van der Waals surface area contributed by atoms with E-state index in [4.69, 9.17) is 18.0 Å². The molecule has 98 valence electrons. The number of thiocarbonyl (C=S) groups is 1. The minimum Gasteiger partial charge on any atom is -0.389 e. The lowest BCUT2D eigenvalue weighted by atomic mass is 10.1. The van der Waals surface area contributed by atoms with Gasteiger partial charge in [0.05, 0.1) is 5.56 Å². The molecule has 0 aliphatic carbocycles. The maximum Gasteiger partial charge on any atom is 0.136 e. The van der Waals surface area contributed by atoms with Crippen LogP contribution in [0.3, 0.4) is 0 Å². The van der Waals surface area contributed by atoms with Crippen LogP contribution in [0.15, 0.2) is 18.3 Å². The Labute approximate surface area is 114 Å². The van der Waals surface area contributed by atoms with Gasteiger partial charge in [0.15, 0.2) is 0 Å². The van der Waals surface area contributed by atoms with Crippen molar-refractivity contribution in [3.05, 3.63) is 23.9 Å². The first-order valence-corrected chi connectivity index (χ1v) is 6.82. The lowest BCUT2D eigenvalue weighted by Gasteiger charge is -2.15. The molecule has 0 spiro atoms. The van der Waals surface area contributed by atoms with Crippen molar-refractivity contribution in [1.29, 1.82) is 0 Å². The highest BCUT2D eigenvalue weighted by Gasteiger charge is 2.21. The Hall–Kier alpha value is -1.20. The smallest absolute Gasteiger partial charge is 0.136 e. The Morgan fingerprint density at radius 1 is 1.67 bits per heavy atom. The summed E-state index contributed by atoms with van der Waals surface area (Å²) in [5.41, 5.74) is 6.52. The van der Waals surface area contributed by atoms with Crippen LogP contribution >= 0.6 is 12.2 Å². The summed E-state index contributed by atoms with van der Waals surface area (Å²) in [5, 5.41) is 3.38. The van der Waals surface area contributed by atoms with Crippen LogP contribution in [0.25, 0.3) is 0 Å². The zero-order valence-corrected chi connectivity index (χ0v) is 11.5. The second-order valence-electron chi connectivity index (χ2n) is 4.69. The number of nitrogens with zero attached hydrogens (tertiary/aromatic N) is 2. The average Bonchev–Trinajstić information content (AvgIpc) is 2.84. The number of aromatic nitrogens is 1. The molecule has 0 aromatic carbocycles. The third-order valence-corrected chi connectivity index (χ3v) is 3.67. The molecule has 18 heavy (non-hydrogen) atoms. The van der Waals surface area contributed by atoms with Crippen LogP contribution in [0.2, 0.25) is 0 Å². The molecule has 2 heterocycles. The summed E-state index contributed by atoms with van der Waals surface area (Å²) in [6.45, 7) is 6.65. The third-order valence-electron chi connectivity index (χ3n) is 3.45. The fourth-order valence-electron chi connectivity index (χ4n) is 2.35. The van der Waals surface area contributed by atoms with Crippen LogP contribution in [-0.4, -0.2) is 41.1 Å². The SMILES string of the molecule is CCN1CCC(CNc2ncccc2C(N)=S)C1. The highest BCUT2D eigenvalue weighted by atomic mass is 32.1. The summed E-state index contributed by atoms with van der Waals surface area (Å²) in [6, 6.07) is 3.76. The number of nitrogens with two attached hydrogens (primary N) is 1. The lowest BCUT2D eigenvalue weighted by molar-refractivity contribution is 0.345. The Balaban J connectivity index is 1.92. The van der Waals surface area contributed by atoms with Crippen LogP contribution in [-0.2, 0) is 0 Å². The molecule has 1 aliphatic heterocycles.